The molecule has 2 N–H and O–H groups in total. The van der Waals surface area contributed by atoms with Gasteiger partial charge in [0.25, 0.3) is 0 Å². The van der Waals surface area contributed by atoms with Crippen LogP contribution < -0.4 is 10.9 Å². The van der Waals surface area contributed by atoms with Gasteiger partial charge in [0.05, 0.1) is 17.7 Å². The Hall–Kier alpha value is -2.71. The van der Waals surface area contributed by atoms with Gasteiger partial charge in [0.2, 0.25) is 0 Å². The maximum atomic E-state index is 12.0. The zero-order valence-corrected chi connectivity index (χ0v) is 15.6. The second-order valence-corrected chi connectivity index (χ2v) is 6.59. The van der Waals surface area contributed by atoms with Crippen LogP contribution in [0, 0.1) is 6.92 Å². The normalized spacial score (nSPS) is 16.0. The van der Waals surface area contributed by atoms with Crippen molar-refractivity contribution >= 4 is 28.3 Å². The third kappa shape index (κ3) is 4.53. The molecule has 1 aliphatic rings. The van der Waals surface area contributed by atoms with Gasteiger partial charge >= 0.3 is 0 Å². The number of hydrogen-bond donors (Lipinski definition) is 2. The van der Waals surface area contributed by atoms with Crippen LogP contribution in [0.1, 0.15) is 12.7 Å². The lowest BCUT2D eigenvalue weighted by molar-refractivity contribution is -0.111. The maximum absolute atomic E-state index is 12.0. The Bertz CT molecular complexity index is 914. The molecule has 0 aliphatic carbocycles. The minimum absolute atomic E-state index is 0.0889. The van der Waals surface area contributed by atoms with Crippen LogP contribution in [-0.2, 0) is 4.79 Å². The fourth-order valence-electron chi connectivity index (χ4n) is 3.16. The van der Waals surface area contributed by atoms with E-state index in [1.54, 1.807) is 25.1 Å². The van der Waals surface area contributed by atoms with Crippen LogP contribution in [0.3, 0.4) is 0 Å². The van der Waals surface area contributed by atoms with E-state index in [0.29, 0.717) is 47.9 Å². The van der Waals surface area contributed by atoms with E-state index in [9.17, 15) is 9.59 Å². The highest BCUT2D eigenvalue weighted by molar-refractivity contribution is 6.37. The van der Waals surface area contributed by atoms with Crippen molar-refractivity contribution in [3.63, 3.8) is 0 Å². The summed E-state index contributed by atoms with van der Waals surface area (Å²) < 4.78 is 5.60. The highest BCUT2D eigenvalue weighted by Crippen LogP contribution is 2.18. The summed E-state index contributed by atoms with van der Waals surface area (Å²) in [5.41, 5.74) is 3.92. The molecule has 2 aromatic rings. The van der Waals surface area contributed by atoms with Crippen molar-refractivity contribution < 1.29 is 14.3 Å². The number of benzene rings is 1. The number of β-amino-alcohol motifs (C(OH)–C–C–N with tert-alkyl or cyclic N) is 1. The van der Waals surface area contributed by atoms with E-state index in [1.165, 1.54) is 13.0 Å². The largest absolute Gasteiger partial charge is 0.461 e. The van der Waals surface area contributed by atoms with Crippen molar-refractivity contribution in [1.82, 2.24) is 9.80 Å². The number of rotatable bonds is 5. The molecule has 0 unspecified atom stereocenters. The summed E-state index contributed by atoms with van der Waals surface area (Å²) in [6.07, 6.45) is 0. The molecule has 0 saturated carbocycles. The second kappa shape index (κ2) is 8.32. The zero-order valence-electron chi connectivity index (χ0n) is 15.6. The monoisotopic (exact) mass is 372 g/mol. The Balaban J connectivity index is 1.77. The molecule has 0 bridgehead atoms. The van der Waals surface area contributed by atoms with Crippen LogP contribution in [0.15, 0.2) is 38.6 Å². The number of anilines is 1. The minimum Gasteiger partial charge on any atom is -0.461 e. The molecule has 1 aromatic heterocycles. The average Bonchev–Trinajstić information content (AvgIpc) is 2.62. The molecule has 8 nitrogen and oxygen atoms in total. The number of nitrogens with zero attached hydrogens (tertiary/aromatic N) is 3. The topological polar surface area (TPSA) is 98.4 Å². The first kappa shape index (κ1) is 19.1. The summed E-state index contributed by atoms with van der Waals surface area (Å²) in [5, 5.41) is 13.8. The van der Waals surface area contributed by atoms with E-state index >= 15 is 0 Å². The van der Waals surface area contributed by atoms with Gasteiger partial charge in [0, 0.05) is 51.8 Å². The molecule has 1 fully saturated rings. The van der Waals surface area contributed by atoms with E-state index in [0.717, 1.165) is 13.1 Å². The predicted octanol–water partition coefficient (Wildman–Crippen LogP) is 1.03. The maximum Gasteiger partial charge on any atom is 0.196 e. The second-order valence-electron chi connectivity index (χ2n) is 6.59. The third-order valence-corrected chi connectivity index (χ3v) is 4.55. The number of aliphatic hydroxyl groups is 1. The smallest absolute Gasteiger partial charge is 0.196 e. The van der Waals surface area contributed by atoms with Gasteiger partial charge in [-0.15, -0.1) is 0 Å². The van der Waals surface area contributed by atoms with Gasteiger partial charge in [-0.3, -0.25) is 19.9 Å². The Labute approximate surface area is 157 Å². The molecule has 1 aliphatic heterocycles. The van der Waals surface area contributed by atoms with Crippen molar-refractivity contribution in [2.24, 2.45) is 5.10 Å². The molecule has 3 rings (SSSR count). The number of Topliss-reactive ketones (excluding diaryl/α,β-unsaturated/α-hetero) is 1. The number of carbonyl (C=O) groups is 1. The Morgan fingerprint density at radius 3 is 2.67 bits per heavy atom. The molecule has 1 aromatic carbocycles. The summed E-state index contributed by atoms with van der Waals surface area (Å²) in [7, 11) is 0. The summed E-state index contributed by atoms with van der Waals surface area (Å²) >= 11 is 0. The van der Waals surface area contributed by atoms with E-state index in [1.807, 2.05) is 4.90 Å². The van der Waals surface area contributed by atoms with Crippen molar-refractivity contribution in [1.29, 1.82) is 0 Å². The molecule has 0 spiro atoms. The highest BCUT2D eigenvalue weighted by Gasteiger charge is 2.22. The molecule has 8 heteroatoms. The number of ketones is 1. The molecule has 1 saturated heterocycles. The first-order valence-electron chi connectivity index (χ1n) is 8.95. The van der Waals surface area contributed by atoms with Crippen LogP contribution in [0.4, 0.5) is 5.69 Å². The summed E-state index contributed by atoms with van der Waals surface area (Å²) in [6, 6.07) is 6.57. The summed E-state index contributed by atoms with van der Waals surface area (Å²) in [5.74, 6) is 0.782. The van der Waals surface area contributed by atoms with Gasteiger partial charge in [-0.1, -0.05) is 0 Å². The highest BCUT2D eigenvalue weighted by atomic mass is 16.3. The number of nitrogens with one attached hydrogen (secondary N) is 1. The molecule has 2 heterocycles. The molecular weight excluding hydrogens is 348 g/mol. The number of aryl methyl sites for hydroxylation is 1. The lowest BCUT2D eigenvalue weighted by Crippen LogP contribution is -2.51. The summed E-state index contributed by atoms with van der Waals surface area (Å²) in [6.45, 7) is 6.87. The fourth-order valence-corrected chi connectivity index (χ4v) is 3.16. The molecule has 0 radical (unpaired) electrons. The van der Waals surface area contributed by atoms with E-state index in [-0.39, 0.29) is 17.8 Å². The minimum atomic E-state index is -0.124. The molecule has 0 atom stereocenters. The third-order valence-electron chi connectivity index (χ3n) is 4.55. The zero-order chi connectivity index (χ0) is 19.4. The average molecular weight is 372 g/mol. The van der Waals surface area contributed by atoms with Crippen LogP contribution in [0.2, 0.25) is 0 Å². The number of fused-ring (bicyclic) bond motifs is 1. The lowest BCUT2D eigenvalue weighted by atomic mass is 10.2. The van der Waals surface area contributed by atoms with Crippen molar-refractivity contribution in [3.05, 3.63) is 40.2 Å². The van der Waals surface area contributed by atoms with Crippen molar-refractivity contribution in [2.45, 2.75) is 13.8 Å². The first-order valence-corrected chi connectivity index (χ1v) is 8.95. The van der Waals surface area contributed by atoms with Crippen LogP contribution in [-0.4, -0.2) is 65.9 Å². The van der Waals surface area contributed by atoms with Crippen LogP contribution in [0.25, 0.3) is 11.0 Å². The van der Waals surface area contributed by atoms with Gasteiger partial charge in [-0.25, -0.2) is 0 Å². The molecule has 0 amide bonds. The quantitative estimate of drug-likeness (QED) is 0.459. The predicted molar refractivity (Wildman–Crippen MR) is 104 cm³/mol. The Kier molecular flexibility index (Phi) is 5.88. The lowest BCUT2D eigenvalue weighted by Gasteiger charge is -2.35. The number of hydrogen-bond acceptors (Lipinski definition) is 7. The van der Waals surface area contributed by atoms with Crippen LogP contribution >= 0.6 is 0 Å². The number of amidine groups is 1. The van der Waals surface area contributed by atoms with Crippen molar-refractivity contribution in [2.75, 3.05) is 44.8 Å². The van der Waals surface area contributed by atoms with Gasteiger partial charge in [-0.05, 0) is 19.1 Å². The van der Waals surface area contributed by atoms with E-state index in [2.05, 4.69) is 15.4 Å². The van der Waals surface area contributed by atoms with Gasteiger partial charge < -0.3 is 14.4 Å². The summed E-state index contributed by atoms with van der Waals surface area (Å²) in [4.78, 5) is 28.1. The van der Waals surface area contributed by atoms with Gasteiger partial charge in [0.15, 0.2) is 17.0 Å². The van der Waals surface area contributed by atoms with E-state index in [4.69, 9.17) is 9.52 Å². The standard InChI is InChI=1S/C19H24N4O4/c1-13-11-17(26)16-4-3-15(12-18(16)27-13)20-21-19(14(2)25)23-7-5-22(6-8-23)9-10-24/h3-4,11-12,20,24H,5-10H2,1-2H3/b21-19-. The van der Waals surface area contributed by atoms with E-state index < -0.39 is 0 Å². The molecule has 27 heavy (non-hydrogen) atoms. The Morgan fingerprint density at radius 1 is 1.26 bits per heavy atom. The number of hydrazone groups is 1. The van der Waals surface area contributed by atoms with Crippen LogP contribution in [0.5, 0.6) is 0 Å². The van der Waals surface area contributed by atoms with Gasteiger partial charge in [0.1, 0.15) is 11.3 Å². The molecule has 144 valence electrons. The number of aliphatic hydroxyl groups excluding tert-OH is 1. The Morgan fingerprint density at radius 2 is 2.00 bits per heavy atom. The van der Waals surface area contributed by atoms with Crippen molar-refractivity contribution in [3.8, 4) is 0 Å². The first-order chi connectivity index (χ1) is 13.0. The SMILES string of the molecule is CC(=O)/C(=N/Nc1ccc2c(=O)cc(C)oc2c1)N1CCN(CCO)CC1. The fraction of sp³-hybridized carbons (Fsp3) is 0.421. The number of carbonyl (C=O) groups excluding carboxylic acids is 1. The molecular formula is C19H24N4O4. The number of piperazine rings is 1. The van der Waals surface area contributed by atoms with Gasteiger partial charge in [-0.2, -0.15) is 5.10 Å².